The molecule has 4 rings (SSSR count). The average molecular weight is 393 g/mol. The Labute approximate surface area is 169 Å². The number of rotatable bonds is 5. The summed E-state index contributed by atoms with van der Waals surface area (Å²) in [5.74, 6) is 2.07. The van der Waals surface area contributed by atoms with E-state index < -0.39 is 0 Å². The maximum atomic E-state index is 12.6. The highest BCUT2D eigenvalue weighted by atomic mass is 16.5. The third kappa shape index (κ3) is 3.55. The minimum absolute atomic E-state index is 0.0594. The number of nitrogens with zero attached hydrogens (tertiary/aromatic N) is 3. The van der Waals surface area contributed by atoms with Gasteiger partial charge in [-0.1, -0.05) is 11.2 Å². The lowest BCUT2D eigenvalue weighted by molar-refractivity contribution is -0.117. The summed E-state index contributed by atoms with van der Waals surface area (Å²) in [4.78, 5) is 18.9. The molecule has 7 nitrogen and oxygen atoms in total. The zero-order valence-corrected chi connectivity index (χ0v) is 16.9. The van der Waals surface area contributed by atoms with Crippen molar-refractivity contribution in [1.29, 1.82) is 0 Å². The lowest BCUT2D eigenvalue weighted by atomic mass is 10.1. The molecule has 1 atom stereocenters. The van der Waals surface area contributed by atoms with Crippen molar-refractivity contribution in [2.24, 2.45) is 0 Å². The molecule has 7 heteroatoms. The third-order valence-electron chi connectivity index (χ3n) is 5.36. The highest BCUT2D eigenvalue weighted by Crippen LogP contribution is 2.34. The first kappa shape index (κ1) is 19.0. The van der Waals surface area contributed by atoms with Crippen LogP contribution in [0.15, 0.2) is 40.9 Å². The molecule has 29 heavy (non-hydrogen) atoms. The number of anilines is 1. The second kappa shape index (κ2) is 7.58. The van der Waals surface area contributed by atoms with Gasteiger partial charge in [-0.2, -0.15) is 4.98 Å². The van der Waals surface area contributed by atoms with Gasteiger partial charge in [0.1, 0.15) is 0 Å². The van der Waals surface area contributed by atoms with E-state index in [1.807, 2.05) is 31.2 Å². The molecule has 0 bridgehead atoms. The zero-order valence-electron chi connectivity index (χ0n) is 16.9. The summed E-state index contributed by atoms with van der Waals surface area (Å²) in [5.41, 5.74) is 4.02. The van der Waals surface area contributed by atoms with E-state index in [4.69, 9.17) is 14.0 Å². The van der Waals surface area contributed by atoms with Crippen LogP contribution in [0, 0.1) is 13.8 Å². The van der Waals surface area contributed by atoms with Crippen LogP contribution in [0.5, 0.6) is 11.5 Å². The Morgan fingerprint density at radius 3 is 2.55 bits per heavy atom. The van der Waals surface area contributed by atoms with Crippen LogP contribution in [0.2, 0.25) is 0 Å². The maximum Gasteiger partial charge on any atom is 0.232 e. The molecular weight excluding hydrogens is 370 g/mol. The predicted octanol–water partition coefficient (Wildman–Crippen LogP) is 3.89. The number of methoxy groups -OCH3 is 2. The van der Waals surface area contributed by atoms with E-state index in [9.17, 15) is 4.79 Å². The van der Waals surface area contributed by atoms with Gasteiger partial charge in [-0.15, -0.1) is 0 Å². The van der Waals surface area contributed by atoms with Crippen LogP contribution in [0.3, 0.4) is 0 Å². The van der Waals surface area contributed by atoms with E-state index in [1.165, 1.54) is 5.56 Å². The average Bonchev–Trinajstić information content (AvgIpc) is 3.36. The molecule has 0 aliphatic carbocycles. The first-order chi connectivity index (χ1) is 14.0. The van der Waals surface area contributed by atoms with Gasteiger partial charge in [0.05, 0.1) is 20.1 Å². The zero-order chi connectivity index (χ0) is 20.5. The number of carbonyl (C=O) groups is 1. The van der Waals surface area contributed by atoms with Crippen molar-refractivity contribution in [3.8, 4) is 22.9 Å². The summed E-state index contributed by atoms with van der Waals surface area (Å²) < 4.78 is 16.1. The lowest BCUT2D eigenvalue weighted by Gasteiger charge is -2.17. The molecule has 0 radical (unpaired) electrons. The van der Waals surface area contributed by atoms with E-state index in [-0.39, 0.29) is 11.8 Å². The minimum atomic E-state index is -0.134. The van der Waals surface area contributed by atoms with Crippen molar-refractivity contribution < 1.29 is 18.8 Å². The Balaban J connectivity index is 1.56. The van der Waals surface area contributed by atoms with Gasteiger partial charge in [0, 0.05) is 24.2 Å². The van der Waals surface area contributed by atoms with Crippen molar-refractivity contribution in [1.82, 2.24) is 10.1 Å². The van der Waals surface area contributed by atoms with Crippen LogP contribution in [-0.2, 0) is 4.79 Å². The van der Waals surface area contributed by atoms with Crippen LogP contribution in [0.4, 0.5) is 5.69 Å². The number of carbonyl (C=O) groups excluding carboxylic acids is 1. The molecule has 150 valence electrons. The molecule has 1 aliphatic rings. The molecular formula is C22H23N3O4. The van der Waals surface area contributed by atoms with E-state index in [2.05, 4.69) is 17.1 Å². The van der Waals surface area contributed by atoms with E-state index >= 15 is 0 Å². The Bertz CT molecular complexity index is 1060. The molecule has 0 unspecified atom stereocenters. The van der Waals surface area contributed by atoms with E-state index in [0.29, 0.717) is 36.2 Å². The molecule has 1 amide bonds. The Hall–Kier alpha value is -3.35. The summed E-state index contributed by atoms with van der Waals surface area (Å²) in [6, 6.07) is 11.5. The fourth-order valence-corrected chi connectivity index (χ4v) is 3.51. The Kier molecular flexibility index (Phi) is 4.96. The molecule has 3 aromatic rings. The van der Waals surface area contributed by atoms with Crippen LogP contribution in [0.1, 0.15) is 29.4 Å². The van der Waals surface area contributed by atoms with Gasteiger partial charge in [-0.3, -0.25) is 4.79 Å². The van der Waals surface area contributed by atoms with E-state index in [1.54, 1.807) is 31.3 Å². The summed E-state index contributed by atoms with van der Waals surface area (Å²) in [5, 5.41) is 4.10. The van der Waals surface area contributed by atoms with Crippen molar-refractivity contribution in [3.63, 3.8) is 0 Å². The van der Waals surface area contributed by atoms with Crippen LogP contribution < -0.4 is 14.4 Å². The molecule has 1 fully saturated rings. The molecule has 0 spiro atoms. The maximum absolute atomic E-state index is 12.6. The second-order valence-corrected chi connectivity index (χ2v) is 7.20. The van der Waals surface area contributed by atoms with Gasteiger partial charge in [-0.05, 0) is 55.3 Å². The molecule has 1 aliphatic heterocycles. The number of ether oxygens (including phenoxy) is 2. The Morgan fingerprint density at radius 1 is 1.03 bits per heavy atom. The van der Waals surface area contributed by atoms with Crippen molar-refractivity contribution in [2.75, 3.05) is 25.7 Å². The van der Waals surface area contributed by atoms with Crippen molar-refractivity contribution >= 4 is 11.6 Å². The molecule has 2 aromatic carbocycles. The second-order valence-electron chi connectivity index (χ2n) is 7.20. The summed E-state index contributed by atoms with van der Waals surface area (Å²) >= 11 is 0. The summed E-state index contributed by atoms with van der Waals surface area (Å²) in [7, 11) is 3.16. The van der Waals surface area contributed by atoms with E-state index in [0.717, 1.165) is 16.8 Å². The van der Waals surface area contributed by atoms with Gasteiger partial charge in [0.2, 0.25) is 17.6 Å². The normalized spacial score (nSPS) is 16.3. The van der Waals surface area contributed by atoms with Gasteiger partial charge < -0.3 is 18.9 Å². The fraction of sp³-hybridized carbons (Fsp3) is 0.318. The number of amides is 1. The number of aryl methyl sites for hydroxylation is 2. The largest absolute Gasteiger partial charge is 0.493 e. The van der Waals surface area contributed by atoms with Gasteiger partial charge in [0.15, 0.2) is 11.5 Å². The number of aromatic nitrogens is 2. The number of hydrogen-bond donors (Lipinski definition) is 0. The predicted molar refractivity (Wildman–Crippen MR) is 108 cm³/mol. The standard InChI is InChI=1S/C22H23N3O4/c1-13-5-7-17(9-14(13)2)25-12-16(11-20(25)26)22-23-21(24-29-22)15-6-8-18(27-3)19(10-15)28-4/h5-10,16H,11-12H2,1-4H3/t16-/m1/s1. The van der Waals surface area contributed by atoms with Gasteiger partial charge in [-0.25, -0.2) is 0 Å². The Morgan fingerprint density at radius 2 is 1.83 bits per heavy atom. The lowest BCUT2D eigenvalue weighted by Crippen LogP contribution is -2.24. The monoisotopic (exact) mass is 393 g/mol. The highest BCUT2D eigenvalue weighted by Gasteiger charge is 2.35. The summed E-state index contributed by atoms with van der Waals surface area (Å²) in [6.07, 6.45) is 0.348. The molecule has 0 N–H and O–H groups in total. The molecule has 1 saturated heterocycles. The number of hydrogen-bond acceptors (Lipinski definition) is 6. The van der Waals surface area contributed by atoms with Gasteiger partial charge in [0.25, 0.3) is 0 Å². The van der Waals surface area contributed by atoms with Crippen LogP contribution in [-0.4, -0.2) is 36.8 Å². The SMILES string of the molecule is COc1ccc(-c2noc([C@@H]3CC(=O)N(c4ccc(C)c(C)c4)C3)n2)cc1OC. The van der Waals surface area contributed by atoms with Crippen molar-refractivity contribution in [3.05, 3.63) is 53.4 Å². The van der Waals surface area contributed by atoms with Crippen LogP contribution in [0.25, 0.3) is 11.4 Å². The first-order valence-electron chi connectivity index (χ1n) is 9.43. The number of benzene rings is 2. The molecule has 2 heterocycles. The van der Waals surface area contributed by atoms with Crippen molar-refractivity contribution in [2.45, 2.75) is 26.2 Å². The topological polar surface area (TPSA) is 77.7 Å². The first-order valence-corrected chi connectivity index (χ1v) is 9.43. The quantitative estimate of drug-likeness (QED) is 0.654. The molecule has 0 saturated carbocycles. The summed E-state index contributed by atoms with van der Waals surface area (Å²) in [6.45, 7) is 4.63. The highest BCUT2D eigenvalue weighted by molar-refractivity contribution is 5.96. The molecule has 1 aromatic heterocycles. The third-order valence-corrected chi connectivity index (χ3v) is 5.36. The fourth-order valence-electron chi connectivity index (χ4n) is 3.51. The smallest absolute Gasteiger partial charge is 0.232 e. The minimum Gasteiger partial charge on any atom is -0.493 e. The van der Waals surface area contributed by atoms with Crippen LogP contribution >= 0.6 is 0 Å². The van der Waals surface area contributed by atoms with Gasteiger partial charge >= 0.3 is 0 Å².